The van der Waals surface area contributed by atoms with E-state index in [0.717, 1.165) is 12.8 Å². The molecule has 0 spiro atoms. The molecule has 2 aromatic heterocycles. The highest BCUT2D eigenvalue weighted by molar-refractivity contribution is 6.31. The summed E-state index contributed by atoms with van der Waals surface area (Å²) in [6.45, 7) is 7.56. The molecule has 1 aliphatic rings. The first-order valence-corrected chi connectivity index (χ1v) is 11.5. The molecule has 0 aliphatic heterocycles. The fourth-order valence-electron chi connectivity index (χ4n) is 3.52. The van der Waals surface area contributed by atoms with Crippen molar-refractivity contribution in [2.45, 2.75) is 58.3 Å². The summed E-state index contributed by atoms with van der Waals surface area (Å²) < 4.78 is 20.2. The normalized spacial score (nSPS) is 14.6. The van der Waals surface area contributed by atoms with Gasteiger partial charge < -0.3 is 9.84 Å². The predicted molar refractivity (Wildman–Crippen MR) is 126 cm³/mol. The van der Waals surface area contributed by atoms with E-state index in [4.69, 9.17) is 16.1 Å². The van der Waals surface area contributed by atoms with E-state index in [2.05, 4.69) is 20.4 Å². The minimum absolute atomic E-state index is 0.0346. The van der Waals surface area contributed by atoms with Gasteiger partial charge >= 0.3 is 0 Å². The molecule has 0 saturated heterocycles. The van der Waals surface area contributed by atoms with Crippen molar-refractivity contribution in [3.63, 3.8) is 0 Å². The molecule has 9 heteroatoms. The molecule has 0 bridgehead atoms. The first-order chi connectivity index (χ1) is 16.0. The minimum atomic E-state index is -0.489. The Morgan fingerprint density at radius 3 is 2.65 bits per heavy atom. The summed E-state index contributed by atoms with van der Waals surface area (Å²) in [5, 5.41) is 6.97. The van der Waals surface area contributed by atoms with Crippen molar-refractivity contribution in [2.24, 2.45) is 5.92 Å². The second-order valence-electron chi connectivity index (χ2n) is 9.75. The molecule has 7 nitrogen and oxygen atoms in total. The van der Waals surface area contributed by atoms with Crippen LogP contribution >= 0.6 is 11.6 Å². The van der Waals surface area contributed by atoms with Crippen molar-refractivity contribution >= 4 is 29.1 Å². The number of halogens is 2. The largest absolute Gasteiger partial charge is 0.331 e. The van der Waals surface area contributed by atoms with Crippen LogP contribution < -0.4 is 5.32 Å². The number of benzene rings is 1. The smallest absolute Gasteiger partial charge is 0.294 e. The standard InChI is InChI=1S/C25H26ClFN4O3/c1-13(9-20(32)23-30-24(31-34-23)25(2,3)4)16-12-19(27)17(11-18(16)26)15-7-8-28-21(10-15)29-22(33)14-5-6-14/h7-8,10-14H,5-6,9H2,1-4H3,(H,28,29,33)/t13-/m0/s1. The third-order valence-corrected chi connectivity index (χ3v) is 6.04. The van der Waals surface area contributed by atoms with Gasteiger partial charge in [0, 0.05) is 34.5 Å². The Labute approximate surface area is 202 Å². The quantitative estimate of drug-likeness (QED) is 0.416. The van der Waals surface area contributed by atoms with E-state index in [9.17, 15) is 9.59 Å². The van der Waals surface area contributed by atoms with Crippen molar-refractivity contribution in [2.75, 3.05) is 5.32 Å². The van der Waals surface area contributed by atoms with Gasteiger partial charge in [0.05, 0.1) is 0 Å². The number of carbonyl (C=O) groups is 2. The number of rotatable bonds is 7. The highest BCUT2D eigenvalue weighted by Gasteiger charge is 2.30. The second kappa shape index (κ2) is 9.25. The first-order valence-electron chi connectivity index (χ1n) is 11.2. The zero-order chi connectivity index (χ0) is 24.6. The van der Waals surface area contributed by atoms with Gasteiger partial charge in [-0.15, -0.1) is 0 Å². The van der Waals surface area contributed by atoms with Gasteiger partial charge in [-0.2, -0.15) is 4.98 Å². The molecule has 4 rings (SSSR count). The third-order valence-electron chi connectivity index (χ3n) is 5.71. The van der Waals surface area contributed by atoms with Crippen LogP contribution in [0, 0.1) is 11.7 Å². The molecule has 1 aliphatic carbocycles. The Morgan fingerprint density at radius 1 is 1.26 bits per heavy atom. The summed E-state index contributed by atoms with van der Waals surface area (Å²) >= 11 is 6.50. The van der Waals surface area contributed by atoms with Crippen molar-refractivity contribution in [1.29, 1.82) is 0 Å². The predicted octanol–water partition coefficient (Wildman–Crippen LogP) is 5.95. The molecule has 0 unspecified atom stereocenters. The maximum absolute atomic E-state index is 15.1. The number of hydrogen-bond donors (Lipinski definition) is 1. The number of ketones is 1. The molecular formula is C25H26ClFN4O3. The van der Waals surface area contributed by atoms with Crippen LogP contribution in [0.4, 0.5) is 10.2 Å². The van der Waals surface area contributed by atoms with Crippen LogP contribution in [-0.4, -0.2) is 26.8 Å². The van der Waals surface area contributed by atoms with Crippen LogP contribution in [0.2, 0.25) is 5.02 Å². The number of hydrogen-bond acceptors (Lipinski definition) is 6. The lowest BCUT2D eigenvalue weighted by molar-refractivity contribution is -0.117. The van der Waals surface area contributed by atoms with Crippen molar-refractivity contribution in [3.05, 3.63) is 58.6 Å². The Morgan fingerprint density at radius 2 is 2.00 bits per heavy atom. The number of Topliss-reactive ketones (excluding diaryl/α,β-unsaturated/α-hetero) is 1. The van der Waals surface area contributed by atoms with Crippen LogP contribution in [0.25, 0.3) is 11.1 Å². The van der Waals surface area contributed by atoms with E-state index in [-0.39, 0.29) is 46.8 Å². The molecule has 1 atom stereocenters. The summed E-state index contributed by atoms with van der Waals surface area (Å²) in [6, 6.07) is 6.13. The zero-order valence-corrected chi connectivity index (χ0v) is 20.2. The number of amides is 1. The molecule has 178 valence electrons. The van der Waals surface area contributed by atoms with Gasteiger partial charge in [-0.3, -0.25) is 9.59 Å². The molecule has 3 aromatic rings. The monoisotopic (exact) mass is 484 g/mol. The summed E-state index contributed by atoms with van der Waals surface area (Å²) in [4.78, 5) is 33.0. The summed E-state index contributed by atoms with van der Waals surface area (Å²) in [5.74, 6) is -0.496. The summed E-state index contributed by atoms with van der Waals surface area (Å²) in [6.07, 6.45) is 3.30. The number of nitrogens with zero attached hydrogens (tertiary/aromatic N) is 3. The van der Waals surface area contributed by atoms with Gasteiger partial charge in [0.1, 0.15) is 11.6 Å². The van der Waals surface area contributed by atoms with Crippen LogP contribution in [0.5, 0.6) is 0 Å². The van der Waals surface area contributed by atoms with E-state index in [1.807, 2.05) is 20.8 Å². The molecule has 1 fully saturated rings. The lowest BCUT2D eigenvalue weighted by atomic mass is 9.93. The maximum atomic E-state index is 15.1. The fourth-order valence-corrected chi connectivity index (χ4v) is 3.87. The van der Waals surface area contributed by atoms with Crippen LogP contribution in [0.15, 0.2) is 35.0 Å². The molecule has 1 saturated carbocycles. The van der Waals surface area contributed by atoms with E-state index >= 15 is 4.39 Å². The van der Waals surface area contributed by atoms with Gasteiger partial charge in [0.25, 0.3) is 5.89 Å². The van der Waals surface area contributed by atoms with Crippen molar-refractivity contribution in [3.8, 4) is 11.1 Å². The van der Waals surface area contributed by atoms with Gasteiger partial charge in [0.2, 0.25) is 11.7 Å². The number of pyridine rings is 1. The van der Waals surface area contributed by atoms with Gasteiger partial charge in [0.15, 0.2) is 5.82 Å². The van der Waals surface area contributed by atoms with Crippen molar-refractivity contribution < 1.29 is 18.5 Å². The lowest BCUT2D eigenvalue weighted by Gasteiger charge is -2.15. The Bertz CT molecular complexity index is 1250. The molecule has 34 heavy (non-hydrogen) atoms. The van der Waals surface area contributed by atoms with Gasteiger partial charge in [-0.25, -0.2) is 9.37 Å². The van der Waals surface area contributed by atoms with E-state index in [1.165, 1.54) is 18.3 Å². The number of aromatic nitrogens is 3. The third kappa shape index (κ3) is 5.33. The average molecular weight is 485 g/mol. The van der Waals surface area contributed by atoms with E-state index < -0.39 is 5.82 Å². The zero-order valence-electron chi connectivity index (χ0n) is 19.5. The Hall–Kier alpha value is -3.13. The Balaban J connectivity index is 1.51. The van der Waals surface area contributed by atoms with Gasteiger partial charge in [-0.05, 0) is 54.2 Å². The molecule has 1 N–H and O–H groups in total. The lowest BCUT2D eigenvalue weighted by Crippen LogP contribution is -2.14. The SMILES string of the molecule is C[C@@H](CC(=O)c1nc(C(C)(C)C)no1)c1cc(F)c(-c2ccnc(NC(=O)C3CC3)c2)cc1Cl. The van der Waals surface area contributed by atoms with E-state index in [1.54, 1.807) is 19.1 Å². The number of anilines is 1. The van der Waals surface area contributed by atoms with E-state index in [0.29, 0.717) is 27.8 Å². The second-order valence-corrected chi connectivity index (χ2v) is 10.2. The molecule has 1 aromatic carbocycles. The maximum Gasteiger partial charge on any atom is 0.294 e. The molecule has 1 amide bonds. The molecule has 2 heterocycles. The van der Waals surface area contributed by atoms with Crippen LogP contribution in [0.3, 0.4) is 0 Å². The molecule has 0 radical (unpaired) electrons. The van der Waals surface area contributed by atoms with Crippen LogP contribution in [0.1, 0.15) is 74.9 Å². The topological polar surface area (TPSA) is 98.0 Å². The Kier molecular flexibility index (Phi) is 6.53. The minimum Gasteiger partial charge on any atom is -0.331 e. The average Bonchev–Trinajstić information content (AvgIpc) is 3.50. The molecular weight excluding hydrogens is 459 g/mol. The van der Waals surface area contributed by atoms with Gasteiger partial charge in [-0.1, -0.05) is 44.5 Å². The highest BCUT2D eigenvalue weighted by atomic mass is 35.5. The summed E-state index contributed by atoms with van der Waals surface area (Å²) in [5.41, 5.74) is 0.978. The number of nitrogens with one attached hydrogen (secondary N) is 1. The highest BCUT2D eigenvalue weighted by Crippen LogP contribution is 2.35. The van der Waals surface area contributed by atoms with Crippen molar-refractivity contribution in [1.82, 2.24) is 15.1 Å². The number of carbonyl (C=O) groups excluding carboxylic acids is 2. The fraction of sp³-hybridized carbons (Fsp3) is 0.400. The van der Waals surface area contributed by atoms with Crippen LogP contribution in [-0.2, 0) is 10.2 Å². The summed E-state index contributed by atoms with van der Waals surface area (Å²) in [7, 11) is 0. The first kappa shape index (κ1) is 24.0.